The highest BCUT2D eigenvalue weighted by Gasteiger charge is 2.21. The number of anilines is 3. The van der Waals surface area contributed by atoms with E-state index >= 15 is 0 Å². The molecule has 4 aromatic carbocycles. The molecule has 34 heavy (non-hydrogen) atoms. The number of amides is 3. The van der Waals surface area contributed by atoms with Crippen molar-refractivity contribution in [3.05, 3.63) is 125 Å². The van der Waals surface area contributed by atoms with E-state index in [-0.39, 0.29) is 16.7 Å². The highest BCUT2D eigenvalue weighted by molar-refractivity contribution is 6.14. The van der Waals surface area contributed by atoms with E-state index in [2.05, 4.69) is 16.0 Å². The molecule has 0 aliphatic carbocycles. The summed E-state index contributed by atoms with van der Waals surface area (Å²) in [5.41, 5.74) is 2.98. The van der Waals surface area contributed by atoms with Gasteiger partial charge >= 0.3 is 0 Å². The second-order valence-electron chi connectivity index (χ2n) is 7.66. The second-order valence-corrected chi connectivity index (χ2v) is 7.66. The summed E-state index contributed by atoms with van der Waals surface area (Å²) in [5, 5.41) is 8.46. The number of benzene rings is 4. The summed E-state index contributed by atoms with van der Waals surface area (Å²) in [6.07, 6.45) is 0. The summed E-state index contributed by atoms with van der Waals surface area (Å²) in [4.78, 5) is 39.3. The van der Waals surface area contributed by atoms with Crippen molar-refractivity contribution in [1.82, 2.24) is 0 Å². The van der Waals surface area contributed by atoms with E-state index in [9.17, 15) is 14.4 Å². The molecule has 0 unspecified atom stereocenters. The molecule has 3 N–H and O–H groups in total. The third-order valence-electron chi connectivity index (χ3n) is 5.25. The normalized spacial score (nSPS) is 10.3. The Hall–Kier alpha value is -4.71. The number of nitrogens with one attached hydrogen (secondary N) is 3. The van der Waals surface area contributed by atoms with Gasteiger partial charge in [-0.3, -0.25) is 14.4 Å². The lowest BCUT2D eigenvalue weighted by Crippen LogP contribution is -2.21. The minimum Gasteiger partial charge on any atom is -0.322 e. The molecule has 0 aliphatic rings. The number of rotatable bonds is 6. The molecule has 0 bridgehead atoms. The maximum Gasteiger partial charge on any atom is 0.255 e. The molecule has 0 aromatic heterocycles. The van der Waals surface area contributed by atoms with E-state index in [1.807, 2.05) is 54.6 Å². The van der Waals surface area contributed by atoms with Crippen LogP contribution in [0.1, 0.15) is 36.6 Å². The monoisotopic (exact) mass is 449 g/mol. The van der Waals surface area contributed by atoms with Gasteiger partial charge in [-0.25, -0.2) is 0 Å². The molecular weight excluding hydrogens is 426 g/mol. The summed E-state index contributed by atoms with van der Waals surface area (Å²) in [7, 11) is 0. The van der Waals surface area contributed by atoms with Gasteiger partial charge in [-0.15, -0.1) is 0 Å². The van der Waals surface area contributed by atoms with E-state index in [0.29, 0.717) is 22.6 Å². The van der Waals surface area contributed by atoms with Crippen molar-refractivity contribution < 1.29 is 14.4 Å². The molecule has 3 amide bonds. The van der Waals surface area contributed by atoms with Crippen LogP contribution in [-0.2, 0) is 0 Å². The van der Waals surface area contributed by atoms with E-state index in [1.165, 1.54) is 12.1 Å². The van der Waals surface area contributed by atoms with Crippen molar-refractivity contribution in [2.45, 2.75) is 6.92 Å². The Labute approximate surface area is 197 Å². The first kappa shape index (κ1) is 22.5. The molecule has 0 aliphatic heterocycles. The Morgan fingerprint density at radius 3 is 1.18 bits per heavy atom. The predicted molar refractivity (Wildman–Crippen MR) is 134 cm³/mol. The van der Waals surface area contributed by atoms with E-state index in [1.54, 1.807) is 43.3 Å². The Balaban J connectivity index is 1.71. The molecule has 4 rings (SSSR count). The number of carbonyl (C=O) groups is 3. The van der Waals surface area contributed by atoms with Crippen LogP contribution in [-0.4, -0.2) is 17.7 Å². The van der Waals surface area contributed by atoms with Gasteiger partial charge in [0.1, 0.15) is 0 Å². The van der Waals surface area contributed by atoms with Crippen molar-refractivity contribution in [1.29, 1.82) is 0 Å². The molecular formula is C28H23N3O3. The number of para-hydroxylation sites is 3. The largest absolute Gasteiger partial charge is 0.322 e. The molecule has 0 atom stereocenters. The van der Waals surface area contributed by atoms with E-state index in [4.69, 9.17) is 0 Å². The Morgan fingerprint density at radius 1 is 0.500 bits per heavy atom. The zero-order chi connectivity index (χ0) is 23.9. The standard InChI is InChI=1S/C28H23N3O3/c1-19-24(27(33)30-22-13-7-3-8-14-22)17-20(26(32)29-21-11-5-2-6-12-21)18-25(19)28(34)31-23-15-9-4-10-16-23/h2-18H,1H3,(H,29,32)(H,30,33)(H,31,34). The summed E-state index contributed by atoms with van der Waals surface area (Å²) >= 11 is 0. The third kappa shape index (κ3) is 5.37. The van der Waals surface area contributed by atoms with Crippen molar-refractivity contribution >= 4 is 34.8 Å². The van der Waals surface area contributed by atoms with Crippen LogP contribution in [0.5, 0.6) is 0 Å². The summed E-state index contributed by atoms with van der Waals surface area (Å²) in [5.74, 6) is -1.24. The Morgan fingerprint density at radius 2 is 0.824 bits per heavy atom. The van der Waals surface area contributed by atoms with Gasteiger partial charge in [0.2, 0.25) is 0 Å². The smallest absolute Gasteiger partial charge is 0.255 e. The van der Waals surface area contributed by atoms with Crippen molar-refractivity contribution in [2.75, 3.05) is 16.0 Å². The van der Waals surface area contributed by atoms with Crippen LogP contribution >= 0.6 is 0 Å². The van der Waals surface area contributed by atoms with Gasteiger partial charge in [0, 0.05) is 33.8 Å². The fourth-order valence-electron chi connectivity index (χ4n) is 3.48. The van der Waals surface area contributed by atoms with Crippen molar-refractivity contribution in [3.8, 4) is 0 Å². The zero-order valence-electron chi connectivity index (χ0n) is 18.5. The quantitative estimate of drug-likeness (QED) is 0.350. The van der Waals surface area contributed by atoms with Crippen LogP contribution < -0.4 is 16.0 Å². The molecule has 168 valence electrons. The van der Waals surface area contributed by atoms with Crippen LogP contribution in [0.3, 0.4) is 0 Å². The van der Waals surface area contributed by atoms with E-state index in [0.717, 1.165) is 0 Å². The zero-order valence-corrected chi connectivity index (χ0v) is 18.5. The first-order valence-corrected chi connectivity index (χ1v) is 10.7. The molecule has 4 aromatic rings. The van der Waals surface area contributed by atoms with Gasteiger partial charge in [0.15, 0.2) is 0 Å². The lowest BCUT2D eigenvalue weighted by Gasteiger charge is -2.15. The van der Waals surface area contributed by atoms with Crippen LogP contribution in [0.25, 0.3) is 0 Å². The highest BCUT2D eigenvalue weighted by atomic mass is 16.2. The van der Waals surface area contributed by atoms with Crippen molar-refractivity contribution in [2.24, 2.45) is 0 Å². The average Bonchev–Trinajstić information content (AvgIpc) is 2.86. The fraction of sp³-hybridized carbons (Fsp3) is 0.0357. The number of hydrogen-bond acceptors (Lipinski definition) is 3. The van der Waals surface area contributed by atoms with Crippen LogP contribution in [0.15, 0.2) is 103 Å². The van der Waals surface area contributed by atoms with Gasteiger partial charge < -0.3 is 16.0 Å². The Bertz CT molecular complexity index is 1250. The van der Waals surface area contributed by atoms with Gasteiger partial charge in [0.05, 0.1) is 0 Å². The first-order chi connectivity index (χ1) is 16.5. The van der Waals surface area contributed by atoms with Crippen molar-refractivity contribution in [3.63, 3.8) is 0 Å². The van der Waals surface area contributed by atoms with Crippen LogP contribution in [0.2, 0.25) is 0 Å². The predicted octanol–water partition coefficient (Wildman–Crippen LogP) is 5.75. The summed E-state index contributed by atoms with van der Waals surface area (Å²) < 4.78 is 0. The third-order valence-corrected chi connectivity index (χ3v) is 5.25. The maximum absolute atomic E-state index is 13.1. The average molecular weight is 450 g/mol. The summed E-state index contributed by atoms with van der Waals surface area (Å²) in [6, 6.07) is 30.0. The molecule has 0 heterocycles. The summed E-state index contributed by atoms with van der Waals surface area (Å²) in [6.45, 7) is 1.69. The second kappa shape index (κ2) is 10.3. The number of hydrogen-bond donors (Lipinski definition) is 3. The van der Waals surface area contributed by atoms with Crippen LogP contribution in [0.4, 0.5) is 17.1 Å². The molecule has 6 nitrogen and oxygen atoms in total. The minimum atomic E-state index is -0.422. The number of carbonyl (C=O) groups excluding carboxylic acids is 3. The fourth-order valence-corrected chi connectivity index (χ4v) is 3.48. The molecule has 0 fully saturated rings. The molecule has 0 spiro atoms. The van der Waals surface area contributed by atoms with Gasteiger partial charge in [-0.2, -0.15) is 0 Å². The van der Waals surface area contributed by atoms with Crippen LogP contribution in [0, 0.1) is 6.92 Å². The van der Waals surface area contributed by atoms with Gasteiger partial charge in [0.25, 0.3) is 17.7 Å². The first-order valence-electron chi connectivity index (χ1n) is 10.7. The maximum atomic E-state index is 13.1. The minimum absolute atomic E-state index is 0.200. The highest BCUT2D eigenvalue weighted by Crippen LogP contribution is 2.22. The lowest BCUT2D eigenvalue weighted by molar-refractivity contribution is 0.102. The molecule has 0 radical (unpaired) electrons. The molecule has 6 heteroatoms. The molecule has 0 saturated carbocycles. The lowest BCUT2D eigenvalue weighted by atomic mass is 9.96. The molecule has 0 saturated heterocycles. The topological polar surface area (TPSA) is 87.3 Å². The van der Waals surface area contributed by atoms with Gasteiger partial charge in [-0.05, 0) is 61.0 Å². The van der Waals surface area contributed by atoms with Gasteiger partial charge in [-0.1, -0.05) is 54.6 Å². The Kier molecular flexibility index (Phi) is 6.79. The van der Waals surface area contributed by atoms with E-state index < -0.39 is 17.7 Å². The SMILES string of the molecule is Cc1c(C(=O)Nc2ccccc2)cc(C(=O)Nc2ccccc2)cc1C(=O)Nc1ccccc1.